The summed E-state index contributed by atoms with van der Waals surface area (Å²) in [5, 5.41) is 3.36. The minimum atomic E-state index is -4.57. The van der Waals surface area contributed by atoms with Crippen molar-refractivity contribution < 1.29 is 22.6 Å². The Bertz CT molecular complexity index is 1240. The maximum Gasteiger partial charge on any atom is 0.418 e. The molecule has 0 bridgehead atoms. The van der Waals surface area contributed by atoms with Crippen molar-refractivity contribution in [3.8, 4) is 11.6 Å². The number of benzene rings is 1. The molecule has 1 N–H and O–H groups in total. The van der Waals surface area contributed by atoms with Crippen LogP contribution in [0.15, 0.2) is 42.7 Å². The molecule has 0 spiro atoms. The summed E-state index contributed by atoms with van der Waals surface area (Å²) in [6.45, 7) is 2.04. The number of methoxy groups -OCH3 is 1. The van der Waals surface area contributed by atoms with Crippen LogP contribution in [0.3, 0.4) is 0 Å². The minimum Gasteiger partial charge on any atom is -0.486 e. The Balaban J connectivity index is 1.33. The van der Waals surface area contributed by atoms with Gasteiger partial charge in [-0.2, -0.15) is 18.2 Å². The zero-order valence-corrected chi connectivity index (χ0v) is 20.2. The molecule has 4 heterocycles. The Morgan fingerprint density at radius 3 is 2.67 bits per heavy atom. The van der Waals surface area contributed by atoms with Gasteiger partial charge in [0.15, 0.2) is 11.6 Å². The summed E-state index contributed by atoms with van der Waals surface area (Å²) >= 11 is 5.87. The Hall–Kier alpha value is -3.47. The van der Waals surface area contributed by atoms with E-state index in [-0.39, 0.29) is 35.7 Å². The standard InChI is InChI=1S/C24H24ClF3N6O2/c1-35-21-13-17(4-7-29-21)33-8-5-16(6-9-33)31-23-30-14-20-22(32-23)34(10-11-36-20)19-3-2-15(25)12-18(19)24(26,27)28/h2-4,7,12-14,16H,5-6,8-11H2,1H3,(H,30,31,32). The molecule has 36 heavy (non-hydrogen) atoms. The van der Waals surface area contributed by atoms with E-state index < -0.39 is 11.7 Å². The number of fused-ring (bicyclic) bond motifs is 1. The number of anilines is 4. The van der Waals surface area contributed by atoms with Gasteiger partial charge in [-0.15, -0.1) is 0 Å². The van der Waals surface area contributed by atoms with Crippen molar-refractivity contribution in [3.63, 3.8) is 0 Å². The molecule has 1 fully saturated rings. The van der Waals surface area contributed by atoms with Crippen LogP contribution in [0.2, 0.25) is 5.02 Å². The Kier molecular flexibility index (Phi) is 6.65. The third kappa shape index (κ3) is 5.06. The fraction of sp³-hybridized carbons (Fsp3) is 0.375. The number of nitrogens with one attached hydrogen (secondary N) is 1. The van der Waals surface area contributed by atoms with Crippen molar-refractivity contribution in [1.29, 1.82) is 0 Å². The molecular formula is C24H24ClF3N6O2. The number of aromatic nitrogens is 3. The summed E-state index contributed by atoms with van der Waals surface area (Å²) in [6.07, 6.45) is 0.317. The van der Waals surface area contributed by atoms with E-state index >= 15 is 0 Å². The van der Waals surface area contributed by atoms with E-state index in [2.05, 4.69) is 25.2 Å². The van der Waals surface area contributed by atoms with Gasteiger partial charge in [0.2, 0.25) is 11.8 Å². The third-order valence-corrected chi connectivity index (χ3v) is 6.48. The molecule has 0 amide bonds. The van der Waals surface area contributed by atoms with E-state index in [1.807, 2.05) is 12.1 Å². The molecule has 0 unspecified atom stereocenters. The van der Waals surface area contributed by atoms with E-state index in [1.54, 1.807) is 13.3 Å². The van der Waals surface area contributed by atoms with Gasteiger partial charge in [-0.3, -0.25) is 0 Å². The predicted molar refractivity (Wildman–Crippen MR) is 131 cm³/mol. The number of alkyl halides is 3. The third-order valence-electron chi connectivity index (χ3n) is 6.24. The van der Waals surface area contributed by atoms with Gasteiger partial charge in [-0.05, 0) is 37.1 Å². The molecule has 1 saturated heterocycles. The van der Waals surface area contributed by atoms with Crippen LogP contribution in [0, 0.1) is 0 Å². The van der Waals surface area contributed by atoms with E-state index in [1.165, 1.54) is 23.2 Å². The fourth-order valence-electron chi connectivity index (χ4n) is 4.46. The Labute approximate surface area is 211 Å². The first-order valence-corrected chi connectivity index (χ1v) is 11.9. The van der Waals surface area contributed by atoms with Crippen molar-refractivity contribution in [2.24, 2.45) is 0 Å². The molecule has 12 heteroatoms. The van der Waals surface area contributed by atoms with Gasteiger partial charge < -0.3 is 24.6 Å². The lowest BCUT2D eigenvalue weighted by atomic mass is 10.0. The number of pyridine rings is 1. The molecule has 0 aliphatic carbocycles. The second kappa shape index (κ2) is 9.88. The molecule has 0 radical (unpaired) electrons. The van der Waals surface area contributed by atoms with E-state index in [4.69, 9.17) is 21.1 Å². The maximum atomic E-state index is 13.8. The number of nitrogens with zero attached hydrogens (tertiary/aromatic N) is 5. The molecule has 8 nitrogen and oxygen atoms in total. The number of hydrogen-bond acceptors (Lipinski definition) is 8. The van der Waals surface area contributed by atoms with Gasteiger partial charge in [-0.25, -0.2) is 9.97 Å². The van der Waals surface area contributed by atoms with Crippen LogP contribution >= 0.6 is 11.6 Å². The van der Waals surface area contributed by atoms with Crippen LogP contribution in [0.5, 0.6) is 11.6 Å². The van der Waals surface area contributed by atoms with E-state index in [0.717, 1.165) is 37.7 Å². The molecule has 2 aliphatic heterocycles. The smallest absolute Gasteiger partial charge is 0.418 e. The molecule has 2 aromatic heterocycles. The van der Waals surface area contributed by atoms with Crippen LogP contribution in [-0.2, 0) is 6.18 Å². The number of piperidine rings is 1. The average molecular weight is 521 g/mol. The molecule has 190 valence electrons. The van der Waals surface area contributed by atoms with Gasteiger partial charge >= 0.3 is 6.18 Å². The number of halogens is 4. The summed E-state index contributed by atoms with van der Waals surface area (Å²) in [5.41, 5.74) is 0.194. The molecule has 5 rings (SSSR count). The van der Waals surface area contributed by atoms with Gasteiger partial charge in [0.05, 0.1) is 31.1 Å². The first-order valence-electron chi connectivity index (χ1n) is 11.5. The summed E-state index contributed by atoms with van der Waals surface area (Å²) in [5.74, 6) is 1.52. The van der Waals surface area contributed by atoms with Gasteiger partial charge in [-0.1, -0.05) is 11.6 Å². The van der Waals surface area contributed by atoms with Crippen LogP contribution in [0.1, 0.15) is 18.4 Å². The first kappa shape index (κ1) is 24.2. The average Bonchev–Trinajstić information content (AvgIpc) is 2.88. The lowest BCUT2D eigenvalue weighted by Crippen LogP contribution is -2.39. The lowest BCUT2D eigenvalue weighted by molar-refractivity contribution is -0.137. The molecule has 2 aliphatic rings. The topological polar surface area (TPSA) is 75.6 Å². The molecular weight excluding hydrogens is 497 g/mol. The largest absolute Gasteiger partial charge is 0.486 e. The SMILES string of the molecule is COc1cc(N2CCC(Nc3ncc4c(n3)N(c3ccc(Cl)cc3C(F)(F)F)CCO4)CC2)ccn1. The Morgan fingerprint density at radius 2 is 1.92 bits per heavy atom. The van der Waals surface area contributed by atoms with Crippen molar-refractivity contribution in [2.45, 2.75) is 25.1 Å². The minimum absolute atomic E-state index is 0.0150. The molecule has 0 atom stereocenters. The molecule has 0 saturated carbocycles. The zero-order valence-electron chi connectivity index (χ0n) is 19.4. The number of hydrogen-bond donors (Lipinski definition) is 1. The summed E-state index contributed by atoms with van der Waals surface area (Å²) < 4.78 is 52.1. The number of rotatable bonds is 5. The first-order chi connectivity index (χ1) is 17.3. The highest BCUT2D eigenvalue weighted by atomic mass is 35.5. The Morgan fingerprint density at radius 1 is 1.11 bits per heavy atom. The zero-order chi connectivity index (χ0) is 25.3. The highest BCUT2D eigenvalue weighted by molar-refractivity contribution is 6.30. The fourth-order valence-corrected chi connectivity index (χ4v) is 4.63. The van der Waals surface area contributed by atoms with Gasteiger partial charge in [0.25, 0.3) is 0 Å². The summed E-state index contributed by atoms with van der Waals surface area (Å²) in [6, 6.07) is 7.69. The second-order valence-electron chi connectivity index (χ2n) is 8.50. The van der Waals surface area contributed by atoms with Gasteiger partial charge in [0, 0.05) is 42.1 Å². The summed E-state index contributed by atoms with van der Waals surface area (Å²) in [7, 11) is 1.59. The number of ether oxygens (including phenoxy) is 2. The van der Waals surface area contributed by atoms with Crippen LogP contribution in [-0.4, -0.2) is 54.3 Å². The highest BCUT2D eigenvalue weighted by Crippen LogP contribution is 2.43. The normalized spacial score (nSPS) is 16.4. The second-order valence-corrected chi connectivity index (χ2v) is 8.94. The quantitative estimate of drug-likeness (QED) is 0.494. The molecule has 3 aromatic rings. The van der Waals surface area contributed by atoms with E-state index in [9.17, 15) is 13.2 Å². The molecule has 1 aromatic carbocycles. The summed E-state index contributed by atoms with van der Waals surface area (Å²) in [4.78, 5) is 16.8. The van der Waals surface area contributed by atoms with Gasteiger partial charge in [0.1, 0.15) is 6.61 Å². The van der Waals surface area contributed by atoms with E-state index in [0.29, 0.717) is 17.6 Å². The lowest BCUT2D eigenvalue weighted by Gasteiger charge is -2.34. The van der Waals surface area contributed by atoms with Crippen LogP contribution < -0.4 is 24.6 Å². The van der Waals surface area contributed by atoms with Crippen molar-refractivity contribution in [3.05, 3.63) is 53.3 Å². The van der Waals surface area contributed by atoms with Crippen molar-refractivity contribution in [1.82, 2.24) is 15.0 Å². The predicted octanol–water partition coefficient (Wildman–Crippen LogP) is 5.16. The van der Waals surface area contributed by atoms with Crippen LogP contribution in [0.4, 0.5) is 36.3 Å². The van der Waals surface area contributed by atoms with Crippen molar-refractivity contribution >= 4 is 34.7 Å². The van der Waals surface area contributed by atoms with Crippen LogP contribution in [0.25, 0.3) is 0 Å². The van der Waals surface area contributed by atoms with Crippen molar-refractivity contribution in [2.75, 3.05) is 48.5 Å². The monoisotopic (exact) mass is 520 g/mol. The highest BCUT2D eigenvalue weighted by Gasteiger charge is 2.37. The maximum absolute atomic E-state index is 13.8.